The smallest absolute Gasteiger partial charge is 0.789 e. The van der Waals surface area contributed by atoms with Crippen molar-refractivity contribution in [2.75, 3.05) is 25.5 Å². The normalized spacial score (nSPS) is 25.8. The van der Waals surface area contributed by atoms with E-state index in [-0.39, 0.29) is 71.5 Å². The van der Waals surface area contributed by atoms with Crippen LogP contribution in [0.15, 0.2) is 17.1 Å². The zero-order valence-corrected chi connectivity index (χ0v) is 21.9. The van der Waals surface area contributed by atoms with Crippen LogP contribution in [0.5, 0.6) is 0 Å². The van der Waals surface area contributed by atoms with Crippen molar-refractivity contribution in [2.45, 2.75) is 24.5 Å². The maximum Gasteiger partial charge on any atom is 1.00 e. The van der Waals surface area contributed by atoms with Crippen molar-refractivity contribution in [3.8, 4) is 0 Å². The fourth-order valence-corrected chi connectivity index (χ4v) is 4.34. The molecule has 1 saturated heterocycles. The second kappa shape index (κ2) is 12.9. The molecule has 1 unspecified atom stereocenters. The zero-order valence-electron chi connectivity index (χ0n) is 16.1. The minimum atomic E-state index is -5.76. The van der Waals surface area contributed by atoms with E-state index < -0.39 is 59.1 Å². The number of hydrogen-bond donors (Lipinski definition) is 4. The van der Waals surface area contributed by atoms with Crippen LogP contribution >= 0.6 is 15.6 Å². The maximum atomic E-state index is 12.2. The fourth-order valence-electron chi connectivity index (χ4n) is 2.25. The van der Waals surface area contributed by atoms with Crippen LogP contribution in [0.1, 0.15) is 6.23 Å². The van der Waals surface area contributed by atoms with Gasteiger partial charge in [-0.25, -0.2) is 9.36 Å². The molecule has 0 spiro atoms. The minimum absolute atomic E-state index is 0. The number of rotatable bonds is 9. The minimum Gasteiger partial charge on any atom is -0.789 e. The summed E-state index contributed by atoms with van der Waals surface area (Å²) in [5.74, 6) is -0.0797. The molecule has 1 aliphatic rings. The molecule has 30 heavy (non-hydrogen) atoms. The van der Waals surface area contributed by atoms with Gasteiger partial charge < -0.3 is 40.8 Å². The molecule has 1 aromatic heterocycles. The largest absolute Gasteiger partial charge is 1.00 e. The Bertz CT molecular complexity index is 840. The molecule has 1 aromatic rings. The van der Waals surface area contributed by atoms with Gasteiger partial charge in [-0.2, -0.15) is 4.98 Å². The van der Waals surface area contributed by atoms with E-state index in [9.17, 15) is 33.9 Å². The first-order valence-electron chi connectivity index (χ1n) is 7.64. The molecule has 0 radical (unpaired) electrons. The van der Waals surface area contributed by atoms with E-state index in [0.29, 0.717) is 0 Å². The molecule has 15 nitrogen and oxygen atoms in total. The second-order valence-electron chi connectivity index (χ2n) is 5.48. The van der Waals surface area contributed by atoms with E-state index in [2.05, 4.69) is 13.8 Å². The van der Waals surface area contributed by atoms with Crippen molar-refractivity contribution >= 4 is 21.5 Å². The van der Waals surface area contributed by atoms with Gasteiger partial charge in [0.15, 0.2) is 6.23 Å². The van der Waals surface area contributed by atoms with Crippen LogP contribution in [0.2, 0.25) is 0 Å². The number of hydrogen-bond acceptors (Lipinski definition) is 14. The molecule has 1 fully saturated rings. The van der Waals surface area contributed by atoms with Gasteiger partial charge in [-0.15, -0.1) is 0 Å². The summed E-state index contributed by atoms with van der Waals surface area (Å²) in [5.41, 5.74) is 9.62. The molecule has 2 rings (SSSR count). The van der Waals surface area contributed by atoms with E-state index in [1.165, 1.54) is 6.07 Å². The van der Waals surface area contributed by atoms with Crippen LogP contribution in [0.25, 0.3) is 0 Å². The quantitative estimate of drug-likeness (QED) is 0.186. The van der Waals surface area contributed by atoms with Gasteiger partial charge in [0, 0.05) is 12.7 Å². The van der Waals surface area contributed by atoms with E-state index in [0.717, 1.165) is 10.8 Å². The Labute approximate surface area is 214 Å². The number of phosphoric acid groups is 2. The van der Waals surface area contributed by atoms with Gasteiger partial charge >= 0.3 is 72.6 Å². The monoisotopic (exact) mass is 490 g/mol. The number of nitrogen functional groups attached to an aromatic ring is 1. The van der Waals surface area contributed by atoms with Crippen LogP contribution in [0.3, 0.4) is 0 Å². The van der Waals surface area contributed by atoms with Crippen LogP contribution in [0, 0.1) is 0 Å². The Morgan fingerprint density at radius 1 is 1.23 bits per heavy atom. The second-order valence-corrected chi connectivity index (χ2v) is 8.44. The van der Waals surface area contributed by atoms with E-state index in [1.807, 2.05) is 0 Å². The number of aromatic nitrogens is 2. The van der Waals surface area contributed by atoms with Gasteiger partial charge in [-0.3, -0.25) is 17.9 Å². The molecular weight excluding hydrogens is 472 g/mol. The average molecular weight is 490 g/mol. The number of nitrogens with zero attached hydrogens (tertiary/aromatic N) is 2. The molecule has 0 aliphatic carbocycles. The summed E-state index contributed by atoms with van der Waals surface area (Å²) >= 11 is 0. The SMILES string of the molecule is NCCOP(=O)(OC[C@H]1O[C@@H](n2ccc(N)nc2=O)[C@H](O)[C@@H]1O)OP(=O)([O-])[O-].[Na+].[Na+]. The van der Waals surface area contributed by atoms with Gasteiger partial charge in [0.25, 0.3) is 0 Å². The molecule has 6 N–H and O–H groups in total. The average Bonchev–Trinajstić information content (AvgIpc) is 2.85. The molecule has 5 atom stereocenters. The number of anilines is 1. The zero-order chi connectivity index (χ0) is 21.1. The van der Waals surface area contributed by atoms with E-state index >= 15 is 0 Å². The van der Waals surface area contributed by atoms with Gasteiger partial charge in [0.05, 0.1) is 21.0 Å². The Balaban J connectivity index is 0.00000420. The third kappa shape index (κ3) is 8.61. The molecule has 0 bridgehead atoms. The van der Waals surface area contributed by atoms with Crippen molar-refractivity contribution in [1.82, 2.24) is 9.55 Å². The summed E-state index contributed by atoms with van der Waals surface area (Å²) in [4.78, 5) is 36.8. The number of phosphoric ester groups is 1. The van der Waals surface area contributed by atoms with Crippen LogP contribution < -0.4 is 86.1 Å². The van der Waals surface area contributed by atoms with Crippen LogP contribution in [-0.4, -0.2) is 57.8 Å². The fraction of sp³-hybridized carbons (Fsp3) is 0.636. The summed E-state index contributed by atoms with van der Waals surface area (Å²) in [5, 5.41) is 20.1. The maximum absolute atomic E-state index is 12.2. The van der Waals surface area contributed by atoms with Gasteiger partial charge in [-0.05, 0) is 6.07 Å². The number of ether oxygens (including phenoxy) is 1. The first-order chi connectivity index (χ1) is 13.0. The Morgan fingerprint density at radius 2 is 1.87 bits per heavy atom. The summed E-state index contributed by atoms with van der Waals surface area (Å²) < 4.78 is 42.2. The predicted molar refractivity (Wildman–Crippen MR) is 86.1 cm³/mol. The topological polar surface area (TPSA) is 245 Å². The number of nitrogens with two attached hydrogens (primary N) is 2. The Kier molecular flexibility index (Phi) is 13.2. The summed E-state index contributed by atoms with van der Waals surface area (Å²) in [6, 6.07) is 1.25. The van der Waals surface area contributed by atoms with Gasteiger partial charge in [-0.1, -0.05) is 0 Å². The van der Waals surface area contributed by atoms with Crippen LogP contribution in [0.4, 0.5) is 5.82 Å². The van der Waals surface area contributed by atoms with E-state index in [4.69, 9.17) is 20.7 Å². The molecule has 0 saturated carbocycles. The van der Waals surface area contributed by atoms with Crippen molar-refractivity contribution in [1.29, 1.82) is 0 Å². The third-order valence-electron chi connectivity index (χ3n) is 3.43. The van der Waals surface area contributed by atoms with Gasteiger partial charge in [0.2, 0.25) is 0 Å². The summed E-state index contributed by atoms with van der Waals surface area (Å²) in [6.45, 7) is -1.49. The van der Waals surface area contributed by atoms with Crippen molar-refractivity contribution in [3.05, 3.63) is 22.7 Å². The molecule has 1 aliphatic heterocycles. The van der Waals surface area contributed by atoms with E-state index in [1.54, 1.807) is 0 Å². The molecule has 19 heteroatoms. The predicted octanol–water partition coefficient (Wildman–Crippen LogP) is -9.60. The molecular formula is C11H18N4Na2O11P2. The summed E-state index contributed by atoms with van der Waals surface area (Å²) in [7, 11) is -10.7. The number of aliphatic hydroxyl groups excluding tert-OH is 2. The van der Waals surface area contributed by atoms with Crippen molar-refractivity contribution in [2.24, 2.45) is 5.73 Å². The van der Waals surface area contributed by atoms with Crippen molar-refractivity contribution < 1.29 is 106 Å². The molecule has 160 valence electrons. The molecule has 0 aromatic carbocycles. The van der Waals surface area contributed by atoms with Gasteiger partial charge in [0.1, 0.15) is 24.1 Å². The standard InChI is InChI=1S/C11H20N4O11P2.2Na/c12-2-4-23-28(22,26-27(19,20)21)24-5-6-8(16)9(17)10(25-6)15-3-1-7(13)14-11(15)18;;/h1,3,6,8-10,16-17H,2,4-5,12H2,(H2,13,14,18)(H2,19,20,21);;/q;2*+1/p-2/t6-,8-,9-,10-,28?;;/m1../s1. The molecule has 0 amide bonds. The molecule has 2 heterocycles. The van der Waals surface area contributed by atoms with Crippen LogP contribution in [-0.2, 0) is 27.2 Å². The number of aliphatic hydroxyl groups is 2. The first-order valence-corrected chi connectivity index (χ1v) is 10.6. The van der Waals surface area contributed by atoms with Crippen molar-refractivity contribution in [3.63, 3.8) is 0 Å². The first kappa shape index (κ1) is 30.8. The third-order valence-corrected chi connectivity index (χ3v) is 5.99. The Morgan fingerprint density at radius 3 is 2.40 bits per heavy atom. The Hall–Kier alpha value is 0.780. The summed E-state index contributed by atoms with van der Waals surface area (Å²) in [6.07, 6.45) is -4.92.